The third kappa shape index (κ3) is 2.84. The van der Waals surface area contributed by atoms with E-state index in [0.29, 0.717) is 5.56 Å². The Morgan fingerprint density at radius 2 is 1.46 bits per heavy atom. The molecule has 0 aliphatic carbocycles. The van der Waals surface area contributed by atoms with Crippen molar-refractivity contribution in [3.63, 3.8) is 0 Å². The topological polar surface area (TPSA) is 34.9 Å². The lowest BCUT2D eigenvalue weighted by Gasteiger charge is -2.21. The van der Waals surface area contributed by atoms with Gasteiger partial charge in [-0.25, -0.2) is 0 Å². The first kappa shape index (κ1) is 16.0. The molecule has 0 aliphatic heterocycles. The number of benzene rings is 2. The highest BCUT2D eigenvalue weighted by Gasteiger charge is 2.17. The minimum atomic E-state index is 0.0230. The standard InChI is InChI=1S/C23H18N2O/c1-17-22(26)15-21(18-9-4-2-5-10-18)25(20-12-6-3-7-13-20)23(17)19-11-8-14-24-16-19/h2-16H,1H3. The summed E-state index contributed by atoms with van der Waals surface area (Å²) in [6.07, 6.45) is 3.54. The highest BCUT2D eigenvalue weighted by atomic mass is 16.1. The molecule has 0 aliphatic rings. The second kappa shape index (κ2) is 6.81. The number of aromatic nitrogens is 2. The predicted molar refractivity (Wildman–Crippen MR) is 105 cm³/mol. The summed E-state index contributed by atoms with van der Waals surface area (Å²) in [6, 6.07) is 25.7. The van der Waals surface area contributed by atoms with Crippen molar-refractivity contribution in [1.29, 1.82) is 0 Å². The number of rotatable bonds is 3. The smallest absolute Gasteiger partial charge is 0.185 e. The summed E-state index contributed by atoms with van der Waals surface area (Å²) in [5.41, 5.74) is 5.40. The van der Waals surface area contributed by atoms with E-state index >= 15 is 0 Å². The molecule has 0 bridgehead atoms. The van der Waals surface area contributed by atoms with Crippen LogP contribution in [0.5, 0.6) is 0 Å². The maximum atomic E-state index is 12.8. The second-order valence-electron chi connectivity index (χ2n) is 6.15. The van der Waals surface area contributed by atoms with Gasteiger partial charge in [0.05, 0.1) is 11.4 Å². The molecule has 0 radical (unpaired) electrons. The Labute approximate surface area is 152 Å². The number of hydrogen-bond donors (Lipinski definition) is 0. The Morgan fingerprint density at radius 3 is 2.12 bits per heavy atom. The zero-order valence-electron chi connectivity index (χ0n) is 14.5. The van der Waals surface area contributed by atoms with Crippen LogP contribution in [0.25, 0.3) is 28.2 Å². The van der Waals surface area contributed by atoms with Crippen LogP contribution in [0.3, 0.4) is 0 Å². The van der Waals surface area contributed by atoms with E-state index in [4.69, 9.17) is 0 Å². The number of pyridine rings is 2. The van der Waals surface area contributed by atoms with Crippen LogP contribution in [0.4, 0.5) is 0 Å². The van der Waals surface area contributed by atoms with Crippen molar-refractivity contribution >= 4 is 0 Å². The third-order valence-corrected chi connectivity index (χ3v) is 4.48. The molecule has 126 valence electrons. The fraction of sp³-hybridized carbons (Fsp3) is 0.0435. The normalized spacial score (nSPS) is 10.7. The van der Waals surface area contributed by atoms with Crippen molar-refractivity contribution in [2.45, 2.75) is 6.92 Å². The largest absolute Gasteiger partial charge is 0.309 e. The number of nitrogens with zero attached hydrogens (tertiary/aromatic N) is 2. The van der Waals surface area contributed by atoms with Gasteiger partial charge in [-0.05, 0) is 36.8 Å². The van der Waals surface area contributed by atoms with Gasteiger partial charge in [-0.2, -0.15) is 0 Å². The Balaban J connectivity index is 2.14. The van der Waals surface area contributed by atoms with Crippen LogP contribution >= 0.6 is 0 Å². The molecular formula is C23H18N2O. The monoisotopic (exact) mass is 338 g/mol. The van der Waals surface area contributed by atoms with Gasteiger partial charge in [-0.3, -0.25) is 9.78 Å². The molecule has 0 amide bonds. The summed E-state index contributed by atoms with van der Waals surface area (Å²) in [5, 5.41) is 0. The zero-order valence-corrected chi connectivity index (χ0v) is 14.5. The van der Waals surface area contributed by atoms with Crippen LogP contribution in [0, 0.1) is 6.92 Å². The Hall–Kier alpha value is -3.46. The van der Waals surface area contributed by atoms with Gasteiger partial charge in [0.15, 0.2) is 5.43 Å². The molecule has 3 nitrogen and oxygen atoms in total. The molecule has 4 aromatic rings. The fourth-order valence-electron chi connectivity index (χ4n) is 3.22. The Morgan fingerprint density at radius 1 is 0.808 bits per heavy atom. The third-order valence-electron chi connectivity index (χ3n) is 4.48. The maximum Gasteiger partial charge on any atom is 0.185 e. The minimum Gasteiger partial charge on any atom is -0.309 e. The molecule has 2 aromatic heterocycles. The van der Waals surface area contributed by atoms with Crippen LogP contribution in [0.1, 0.15) is 5.56 Å². The average Bonchev–Trinajstić information content (AvgIpc) is 2.71. The second-order valence-corrected chi connectivity index (χ2v) is 6.15. The quantitative estimate of drug-likeness (QED) is 0.534. The van der Waals surface area contributed by atoms with E-state index in [9.17, 15) is 4.79 Å². The molecule has 0 saturated carbocycles. The van der Waals surface area contributed by atoms with Crippen molar-refractivity contribution in [3.8, 4) is 28.2 Å². The first-order chi connectivity index (χ1) is 12.8. The van der Waals surface area contributed by atoms with E-state index in [1.807, 2.05) is 67.6 Å². The average molecular weight is 338 g/mol. The lowest BCUT2D eigenvalue weighted by atomic mass is 10.0. The van der Waals surface area contributed by atoms with Crippen LogP contribution in [0.2, 0.25) is 0 Å². The van der Waals surface area contributed by atoms with Crippen LogP contribution < -0.4 is 5.43 Å². The van der Waals surface area contributed by atoms with Crippen molar-refractivity contribution < 1.29 is 0 Å². The molecule has 26 heavy (non-hydrogen) atoms. The summed E-state index contributed by atoms with van der Waals surface area (Å²) in [5.74, 6) is 0. The van der Waals surface area contributed by atoms with Crippen LogP contribution in [-0.4, -0.2) is 9.55 Å². The van der Waals surface area contributed by atoms with Crippen molar-refractivity contribution in [2.75, 3.05) is 0 Å². The molecule has 0 atom stereocenters. The van der Waals surface area contributed by atoms with Crippen LogP contribution in [-0.2, 0) is 0 Å². The summed E-state index contributed by atoms with van der Waals surface area (Å²) in [6.45, 7) is 1.87. The van der Waals surface area contributed by atoms with Crippen molar-refractivity contribution in [2.24, 2.45) is 0 Å². The molecule has 0 unspecified atom stereocenters. The van der Waals surface area contributed by atoms with E-state index in [1.165, 1.54) is 0 Å². The number of hydrogen-bond acceptors (Lipinski definition) is 2. The molecule has 0 fully saturated rings. The lowest BCUT2D eigenvalue weighted by molar-refractivity contribution is 1.03. The van der Waals surface area contributed by atoms with E-state index in [1.54, 1.807) is 18.5 Å². The summed E-state index contributed by atoms with van der Waals surface area (Å²) >= 11 is 0. The van der Waals surface area contributed by atoms with Crippen molar-refractivity contribution in [3.05, 3.63) is 107 Å². The van der Waals surface area contributed by atoms with E-state index in [-0.39, 0.29) is 5.43 Å². The van der Waals surface area contributed by atoms with Gasteiger partial charge < -0.3 is 4.57 Å². The highest BCUT2D eigenvalue weighted by Crippen LogP contribution is 2.30. The fourth-order valence-corrected chi connectivity index (χ4v) is 3.22. The maximum absolute atomic E-state index is 12.8. The molecule has 4 rings (SSSR count). The first-order valence-electron chi connectivity index (χ1n) is 8.53. The van der Waals surface area contributed by atoms with Gasteiger partial charge in [0.1, 0.15) is 0 Å². The number of para-hydroxylation sites is 1. The van der Waals surface area contributed by atoms with Gasteiger partial charge in [0, 0.05) is 35.3 Å². The van der Waals surface area contributed by atoms with Gasteiger partial charge in [0.25, 0.3) is 0 Å². The summed E-state index contributed by atoms with van der Waals surface area (Å²) < 4.78 is 2.14. The SMILES string of the molecule is Cc1c(-c2cccnc2)n(-c2ccccc2)c(-c2ccccc2)cc1=O. The van der Waals surface area contributed by atoms with Gasteiger partial charge in [-0.15, -0.1) is 0 Å². The molecule has 0 N–H and O–H groups in total. The predicted octanol–water partition coefficient (Wildman–Crippen LogP) is 4.87. The van der Waals surface area contributed by atoms with Crippen LogP contribution in [0.15, 0.2) is 96.1 Å². The van der Waals surface area contributed by atoms with E-state index < -0.39 is 0 Å². The molecular weight excluding hydrogens is 320 g/mol. The van der Waals surface area contributed by atoms with Gasteiger partial charge in [0.2, 0.25) is 0 Å². The minimum absolute atomic E-state index is 0.0230. The first-order valence-corrected chi connectivity index (χ1v) is 8.53. The van der Waals surface area contributed by atoms with E-state index in [2.05, 4.69) is 21.7 Å². The van der Waals surface area contributed by atoms with Gasteiger partial charge >= 0.3 is 0 Å². The molecule has 0 saturated heterocycles. The van der Waals surface area contributed by atoms with Crippen molar-refractivity contribution in [1.82, 2.24) is 9.55 Å². The van der Waals surface area contributed by atoms with Gasteiger partial charge in [-0.1, -0.05) is 48.5 Å². The lowest BCUT2D eigenvalue weighted by Crippen LogP contribution is -2.15. The molecule has 2 aromatic carbocycles. The summed E-state index contributed by atoms with van der Waals surface area (Å²) in [4.78, 5) is 17.0. The Bertz CT molecular complexity index is 1090. The molecule has 2 heterocycles. The Kier molecular flexibility index (Phi) is 4.20. The molecule has 0 spiro atoms. The zero-order chi connectivity index (χ0) is 17.9. The summed E-state index contributed by atoms with van der Waals surface area (Å²) in [7, 11) is 0. The molecule has 3 heteroatoms. The highest BCUT2D eigenvalue weighted by molar-refractivity contribution is 5.73. The van der Waals surface area contributed by atoms with E-state index in [0.717, 1.165) is 28.2 Å².